The van der Waals surface area contributed by atoms with E-state index in [4.69, 9.17) is 11.0 Å². The summed E-state index contributed by atoms with van der Waals surface area (Å²) in [4.78, 5) is 10.4. The number of nitrogens with zero attached hydrogens (tertiary/aromatic N) is 1. The molecule has 0 aliphatic carbocycles. The van der Waals surface area contributed by atoms with Gasteiger partial charge in [0.25, 0.3) is 0 Å². The predicted molar refractivity (Wildman–Crippen MR) is 60.9 cm³/mol. The number of nitriles is 1. The molecule has 0 saturated heterocycles. The van der Waals surface area contributed by atoms with E-state index >= 15 is 0 Å². The Morgan fingerprint density at radius 3 is 2.00 bits per heavy atom. The SMILES string of the molecule is C=C(C#N)CCCCCCCCC(N)=O. The lowest BCUT2D eigenvalue weighted by atomic mass is 10.1. The highest BCUT2D eigenvalue weighted by Gasteiger charge is 1.96. The summed E-state index contributed by atoms with van der Waals surface area (Å²) in [6, 6.07) is 2.04. The van der Waals surface area contributed by atoms with Crippen LogP contribution < -0.4 is 5.73 Å². The number of primary amides is 1. The Kier molecular flexibility index (Phi) is 8.46. The molecule has 0 aliphatic heterocycles. The van der Waals surface area contributed by atoms with Gasteiger partial charge in [0, 0.05) is 12.0 Å². The van der Waals surface area contributed by atoms with Crippen molar-refractivity contribution in [2.45, 2.75) is 51.4 Å². The van der Waals surface area contributed by atoms with Crippen molar-refractivity contribution in [1.82, 2.24) is 0 Å². The van der Waals surface area contributed by atoms with E-state index in [0.29, 0.717) is 12.0 Å². The Morgan fingerprint density at radius 2 is 1.53 bits per heavy atom. The average molecular weight is 208 g/mol. The Morgan fingerprint density at radius 1 is 1.07 bits per heavy atom. The molecule has 0 saturated carbocycles. The number of nitrogens with two attached hydrogens (primary N) is 1. The minimum atomic E-state index is -0.208. The monoisotopic (exact) mass is 208 g/mol. The van der Waals surface area contributed by atoms with Crippen molar-refractivity contribution >= 4 is 5.91 Å². The molecule has 3 heteroatoms. The molecule has 2 N–H and O–H groups in total. The quantitative estimate of drug-likeness (QED) is 0.467. The first-order chi connectivity index (χ1) is 7.16. The Hall–Kier alpha value is -1.30. The molecule has 0 rings (SSSR count). The van der Waals surface area contributed by atoms with E-state index in [9.17, 15) is 4.79 Å². The van der Waals surface area contributed by atoms with Crippen LogP contribution in [0.2, 0.25) is 0 Å². The van der Waals surface area contributed by atoms with Gasteiger partial charge >= 0.3 is 0 Å². The van der Waals surface area contributed by atoms with Gasteiger partial charge in [-0.25, -0.2) is 0 Å². The van der Waals surface area contributed by atoms with Crippen LogP contribution in [-0.4, -0.2) is 5.91 Å². The molecular weight excluding hydrogens is 188 g/mol. The average Bonchev–Trinajstić information content (AvgIpc) is 2.21. The van der Waals surface area contributed by atoms with Crippen molar-refractivity contribution in [2.24, 2.45) is 5.73 Å². The molecule has 84 valence electrons. The van der Waals surface area contributed by atoms with Crippen molar-refractivity contribution in [3.63, 3.8) is 0 Å². The van der Waals surface area contributed by atoms with Crippen LogP contribution in [0.1, 0.15) is 51.4 Å². The third kappa shape index (κ3) is 10.6. The van der Waals surface area contributed by atoms with Gasteiger partial charge in [-0.3, -0.25) is 4.79 Å². The maximum atomic E-state index is 10.4. The molecule has 15 heavy (non-hydrogen) atoms. The highest BCUT2D eigenvalue weighted by molar-refractivity contribution is 5.73. The third-order valence-corrected chi connectivity index (χ3v) is 2.31. The summed E-state index contributed by atoms with van der Waals surface area (Å²) in [5.41, 5.74) is 5.69. The second-order valence-corrected chi connectivity index (χ2v) is 3.80. The zero-order valence-electron chi connectivity index (χ0n) is 9.30. The summed E-state index contributed by atoms with van der Waals surface area (Å²) in [5, 5.41) is 8.47. The van der Waals surface area contributed by atoms with Crippen LogP contribution in [0.25, 0.3) is 0 Å². The van der Waals surface area contributed by atoms with E-state index in [2.05, 4.69) is 6.58 Å². The molecule has 0 aliphatic rings. The molecule has 0 aromatic rings. The van der Waals surface area contributed by atoms with Crippen molar-refractivity contribution < 1.29 is 4.79 Å². The summed E-state index contributed by atoms with van der Waals surface area (Å²) in [7, 11) is 0. The molecule has 0 aromatic carbocycles. The van der Waals surface area contributed by atoms with Crippen LogP contribution >= 0.6 is 0 Å². The van der Waals surface area contributed by atoms with Crippen molar-refractivity contribution in [3.8, 4) is 6.07 Å². The molecule has 0 aromatic heterocycles. The minimum absolute atomic E-state index is 0.208. The summed E-state index contributed by atoms with van der Waals surface area (Å²) < 4.78 is 0. The highest BCUT2D eigenvalue weighted by Crippen LogP contribution is 2.10. The van der Waals surface area contributed by atoms with E-state index in [-0.39, 0.29) is 5.91 Å². The third-order valence-electron chi connectivity index (χ3n) is 2.31. The molecule has 3 nitrogen and oxygen atoms in total. The van der Waals surface area contributed by atoms with Crippen LogP contribution in [0.15, 0.2) is 12.2 Å². The van der Waals surface area contributed by atoms with E-state index in [1.54, 1.807) is 0 Å². The number of rotatable bonds is 9. The van der Waals surface area contributed by atoms with Gasteiger partial charge in [-0.05, 0) is 19.3 Å². The van der Waals surface area contributed by atoms with Crippen LogP contribution in [-0.2, 0) is 4.79 Å². The number of hydrogen-bond donors (Lipinski definition) is 1. The predicted octanol–water partition coefficient (Wildman–Crippen LogP) is 2.67. The summed E-state index contributed by atoms with van der Waals surface area (Å²) in [6.45, 7) is 3.63. The van der Waals surface area contributed by atoms with Crippen LogP contribution in [0.4, 0.5) is 0 Å². The molecule has 0 bridgehead atoms. The molecule has 0 atom stereocenters. The van der Waals surface area contributed by atoms with E-state index in [1.807, 2.05) is 6.07 Å². The summed E-state index contributed by atoms with van der Waals surface area (Å²) in [6.07, 6.45) is 7.79. The molecule has 0 unspecified atom stereocenters. The van der Waals surface area contributed by atoms with Gasteiger partial charge in [0.05, 0.1) is 6.07 Å². The van der Waals surface area contributed by atoms with Crippen molar-refractivity contribution in [2.75, 3.05) is 0 Å². The van der Waals surface area contributed by atoms with Crippen molar-refractivity contribution in [1.29, 1.82) is 5.26 Å². The minimum Gasteiger partial charge on any atom is -0.370 e. The zero-order chi connectivity index (χ0) is 11.5. The largest absolute Gasteiger partial charge is 0.370 e. The first kappa shape index (κ1) is 13.7. The Balaban J connectivity index is 3.09. The number of carbonyl (C=O) groups excluding carboxylic acids is 1. The second-order valence-electron chi connectivity index (χ2n) is 3.80. The molecule has 0 radical (unpaired) electrons. The number of amides is 1. The number of hydrogen-bond acceptors (Lipinski definition) is 2. The number of unbranched alkanes of at least 4 members (excludes halogenated alkanes) is 5. The van der Waals surface area contributed by atoms with Crippen LogP contribution in [0, 0.1) is 11.3 Å². The lowest BCUT2D eigenvalue weighted by molar-refractivity contribution is -0.118. The van der Waals surface area contributed by atoms with Crippen molar-refractivity contribution in [3.05, 3.63) is 12.2 Å². The lowest BCUT2D eigenvalue weighted by Gasteiger charge is -2.00. The van der Waals surface area contributed by atoms with Crippen LogP contribution in [0.3, 0.4) is 0 Å². The molecule has 0 fully saturated rings. The van der Waals surface area contributed by atoms with Gasteiger partial charge in [0.1, 0.15) is 0 Å². The summed E-state index contributed by atoms with van der Waals surface area (Å²) in [5.74, 6) is -0.208. The van der Waals surface area contributed by atoms with Gasteiger partial charge in [-0.2, -0.15) is 5.26 Å². The van der Waals surface area contributed by atoms with Crippen LogP contribution in [0.5, 0.6) is 0 Å². The number of carbonyl (C=O) groups is 1. The molecular formula is C12H20N2O. The number of allylic oxidation sites excluding steroid dienone is 1. The molecule has 1 amide bonds. The van der Waals surface area contributed by atoms with Gasteiger partial charge in [0.2, 0.25) is 5.91 Å². The molecule has 0 spiro atoms. The first-order valence-corrected chi connectivity index (χ1v) is 5.53. The smallest absolute Gasteiger partial charge is 0.217 e. The van der Waals surface area contributed by atoms with E-state index in [1.165, 1.54) is 0 Å². The normalized spacial score (nSPS) is 9.53. The maximum Gasteiger partial charge on any atom is 0.217 e. The fourth-order valence-corrected chi connectivity index (χ4v) is 1.40. The lowest BCUT2D eigenvalue weighted by Crippen LogP contribution is -2.09. The summed E-state index contributed by atoms with van der Waals surface area (Å²) >= 11 is 0. The standard InChI is InChI=1S/C12H20N2O/c1-11(10-13)8-6-4-2-3-5-7-9-12(14)15/h1-9H2,(H2,14,15). The Bertz CT molecular complexity index is 240. The fraction of sp³-hybridized carbons (Fsp3) is 0.667. The molecule has 0 heterocycles. The second kappa shape index (κ2) is 9.26. The zero-order valence-corrected chi connectivity index (χ0v) is 9.30. The van der Waals surface area contributed by atoms with E-state index < -0.39 is 0 Å². The van der Waals surface area contributed by atoms with Gasteiger partial charge in [0.15, 0.2) is 0 Å². The highest BCUT2D eigenvalue weighted by atomic mass is 16.1. The fourth-order valence-electron chi connectivity index (χ4n) is 1.40. The van der Waals surface area contributed by atoms with Gasteiger partial charge < -0.3 is 5.73 Å². The first-order valence-electron chi connectivity index (χ1n) is 5.53. The van der Waals surface area contributed by atoms with E-state index in [0.717, 1.165) is 44.9 Å². The topological polar surface area (TPSA) is 66.9 Å². The van der Waals surface area contributed by atoms with Gasteiger partial charge in [-0.15, -0.1) is 0 Å². The Labute approximate surface area is 92.0 Å². The maximum absolute atomic E-state index is 10.4. The van der Waals surface area contributed by atoms with Gasteiger partial charge in [-0.1, -0.05) is 32.3 Å².